The summed E-state index contributed by atoms with van der Waals surface area (Å²) in [6, 6.07) is 9.47. The molecule has 42 heavy (non-hydrogen) atoms. The van der Waals surface area contributed by atoms with E-state index in [0.717, 1.165) is 36.5 Å². The van der Waals surface area contributed by atoms with Crippen LogP contribution >= 0.6 is 0 Å². The summed E-state index contributed by atoms with van der Waals surface area (Å²) < 4.78 is 13.8. The molecule has 2 heteroatoms. The molecule has 2 fully saturated rings. The molecule has 0 saturated heterocycles. The number of hydrogen-bond donors (Lipinski definition) is 0. The van der Waals surface area contributed by atoms with E-state index < -0.39 is 0 Å². The maximum Gasteiger partial charge on any atom is 0.127 e. The Morgan fingerprint density at radius 2 is 0.881 bits per heavy atom. The van der Waals surface area contributed by atoms with E-state index in [9.17, 15) is 0 Å². The molecule has 0 atom stereocenters. The van der Waals surface area contributed by atoms with Crippen LogP contribution in [0.1, 0.15) is 139 Å². The van der Waals surface area contributed by atoms with Crippen molar-refractivity contribution in [1.29, 1.82) is 0 Å². The number of fused-ring (bicyclic) bond motifs is 2. The van der Waals surface area contributed by atoms with Crippen molar-refractivity contribution in [3.63, 3.8) is 0 Å². The van der Waals surface area contributed by atoms with Gasteiger partial charge in [0.2, 0.25) is 0 Å². The molecule has 0 bridgehead atoms. The predicted molar refractivity (Wildman–Crippen MR) is 177 cm³/mol. The molecule has 6 rings (SSSR count). The van der Waals surface area contributed by atoms with Crippen molar-refractivity contribution in [2.24, 2.45) is 23.7 Å². The minimum absolute atomic E-state index is 0.699. The second-order valence-corrected chi connectivity index (χ2v) is 14.5. The van der Waals surface area contributed by atoms with Gasteiger partial charge in [0, 0.05) is 11.1 Å². The van der Waals surface area contributed by atoms with Crippen molar-refractivity contribution < 1.29 is 9.47 Å². The highest BCUT2D eigenvalue weighted by Gasteiger charge is 2.28. The average Bonchev–Trinajstić information content (AvgIpc) is 3.04. The molecule has 2 nitrogen and oxygen atoms in total. The largest absolute Gasteiger partial charge is 0.493 e. The third-order valence-corrected chi connectivity index (χ3v) is 11.5. The molecular weight excluding hydrogens is 512 g/mol. The van der Waals surface area contributed by atoms with Gasteiger partial charge in [-0.2, -0.15) is 0 Å². The Morgan fingerprint density at radius 1 is 0.500 bits per heavy atom. The molecule has 2 aromatic carbocycles. The van der Waals surface area contributed by atoms with Crippen LogP contribution in [0.25, 0.3) is 11.1 Å². The fraction of sp³-hybridized carbons (Fsp3) is 0.700. The quantitative estimate of drug-likeness (QED) is 0.267. The molecule has 0 spiro atoms. The Balaban J connectivity index is 1.28. The van der Waals surface area contributed by atoms with Crippen LogP contribution in [0.5, 0.6) is 11.5 Å². The lowest BCUT2D eigenvalue weighted by molar-refractivity contribution is 0.177. The van der Waals surface area contributed by atoms with Crippen molar-refractivity contribution in [2.45, 2.75) is 142 Å². The summed E-state index contributed by atoms with van der Waals surface area (Å²) in [5.41, 5.74) is 9.05. The zero-order chi connectivity index (χ0) is 28.7. The van der Waals surface area contributed by atoms with Gasteiger partial charge in [0.1, 0.15) is 11.5 Å². The standard InChI is InChI=1S/C40H58O2/c1-3-9-29-15-19-31(20-16-29)27-41-37-25-23-33-11-5-7-13-35(33)39(37)40-36-14-8-6-12-34(36)24-26-38(40)42-28-32-21-17-30(10-4-2)18-22-32/h23-26,29-32H,3-22,27-28H2,1-2H3. The van der Waals surface area contributed by atoms with Crippen molar-refractivity contribution in [1.82, 2.24) is 0 Å². The fourth-order valence-corrected chi connectivity index (χ4v) is 9.01. The van der Waals surface area contributed by atoms with Gasteiger partial charge in [0.05, 0.1) is 13.2 Å². The molecule has 0 amide bonds. The van der Waals surface area contributed by atoms with E-state index in [2.05, 4.69) is 38.1 Å². The SMILES string of the molecule is CCCC1CCC(COc2ccc3c(c2-c2c(OCC4CCC(CCC)CC4)ccc4c2CCCC4)CCCC3)CC1. The molecule has 0 heterocycles. The molecule has 230 valence electrons. The zero-order valence-electron chi connectivity index (χ0n) is 27.0. The predicted octanol–water partition coefficient (Wildman–Crippen LogP) is 11.1. The van der Waals surface area contributed by atoms with Crippen LogP contribution in [-0.4, -0.2) is 13.2 Å². The minimum Gasteiger partial charge on any atom is -0.493 e. The lowest BCUT2D eigenvalue weighted by atomic mass is 9.79. The summed E-state index contributed by atoms with van der Waals surface area (Å²) in [5.74, 6) is 5.56. The maximum absolute atomic E-state index is 6.91. The Bertz CT molecular complexity index is 1060. The van der Waals surface area contributed by atoms with Gasteiger partial charge < -0.3 is 9.47 Å². The van der Waals surface area contributed by atoms with Gasteiger partial charge >= 0.3 is 0 Å². The van der Waals surface area contributed by atoms with Crippen LogP contribution in [0.4, 0.5) is 0 Å². The summed E-state index contributed by atoms with van der Waals surface area (Å²) in [5, 5.41) is 0. The lowest BCUT2D eigenvalue weighted by Crippen LogP contribution is -2.21. The summed E-state index contributed by atoms with van der Waals surface area (Å²) in [7, 11) is 0. The molecule has 0 radical (unpaired) electrons. The monoisotopic (exact) mass is 570 g/mol. The van der Waals surface area contributed by atoms with Crippen LogP contribution in [0.15, 0.2) is 24.3 Å². The van der Waals surface area contributed by atoms with Gasteiger partial charge in [-0.15, -0.1) is 0 Å². The van der Waals surface area contributed by atoms with Crippen molar-refractivity contribution in [2.75, 3.05) is 13.2 Å². The average molecular weight is 571 g/mol. The number of ether oxygens (including phenoxy) is 2. The van der Waals surface area contributed by atoms with E-state index in [1.807, 2.05) is 0 Å². The number of rotatable bonds is 11. The van der Waals surface area contributed by atoms with Gasteiger partial charge in [-0.25, -0.2) is 0 Å². The highest BCUT2D eigenvalue weighted by molar-refractivity contribution is 5.83. The highest BCUT2D eigenvalue weighted by atomic mass is 16.5. The summed E-state index contributed by atoms with van der Waals surface area (Å²) in [4.78, 5) is 0. The molecule has 4 aliphatic rings. The molecule has 2 saturated carbocycles. The second-order valence-electron chi connectivity index (χ2n) is 14.5. The van der Waals surface area contributed by atoms with Crippen LogP contribution < -0.4 is 9.47 Å². The second kappa shape index (κ2) is 14.7. The number of hydrogen-bond acceptors (Lipinski definition) is 2. The Labute approximate surface area is 257 Å². The van der Waals surface area contributed by atoms with Crippen LogP contribution in [0, 0.1) is 23.7 Å². The molecule has 0 aliphatic heterocycles. The van der Waals surface area contributed by atoms with E-state index in [1.54, 1.807) is 22.3 Å². The fourth-order valence-electron chi connectivity index (χ4n) is 9.01. The van der Waals surface area contributed by atoms with E-state index in [0.29, 0.717) is 11.8 Å². The molecule has 0 unspecified atom stereocenters. The summed E-state index contributed by atoms with van der Waals surface area (Å²) in [6.07, 6.45) is 26.3. The highest BCUT2D eigenvalue weighted by Crippen LogP contribution is 2.47. The van der Waals surface area contributed by atoms with Crippen LogP contribution in [-0.2, 0) is 25.7 Å². The first-order valence-corrected chi connectivity index (χ1v) is 18.3. The summed E-state index contributed by atoms with van der Waals surface area (Å²) >= 11 is 0. The van der Waals surface area contributed by atoms with E-state index in [-0.39, 0.29) is 0 Å². The third-order valence-electron chi connectivity index (χ3n) is 11.5. The van der Waals surface area contributed by atoms with E-state index in [1.165, 1.54) is 140 Å². The minimum atomic E-state index is 0.699. The molecule has 2 aromatic rings. The first-order chi connectivity index (χ1) is 20.7. The first kappa shape index (κ1) is 30.1. The first-order valence-electron chi connectivity index (χ1n) is 18.3. The lowest BCUT2D eigenvalue weighted by Gasteiger charge is -2.31. The maximum atomic E-state index is 6.91. The molecule has 0 aromatic heterocycles. The van der Waals surface area contributed by atoms with E-state index in [4.69, 9.17) is 9.47 Å². The Kier molecular flexibility index (Phi) is 10.5. The van der Waals surface area contributed by atoms with Crippen molar-refractivity contribution in [3.8, 4) is 22.6 Å². The van der Waals surface area contributed by atoms with Gasteiger partial charge in [0.15, 0.2) is 0 Å². The van der Waals surface area contributed by atoms with Crippen LogP contribution in [0.2, 0.25) is 0 Å². The van der Waals surface area contributed by atoms with Gasteiger partial charge in [0.25, 0.3) is 0 Å². The summed E-state index contributed by atoms with van der Waals surface area (Å²) in [6.45, 7) is 6.42. The number of aryl methyl sites for hydroxylation is 2. The normalized spacial score (nSPS) is 25.9. The topological polar surface area (TPSA) is 18.5 Å². The van der Waals surface area contributed by atoms with Gasteiger partial charge in [-0.3, -0.25) is 0 Å². The molecular formula is C40H58O2. The Hall–Kier alpha value is -1.96. The molecule has 4 aliphatic carbocycles. The zero-order valence-corrected chi connectivity index (χ0v) is 27.0. The van der Waals surface area contributed by atoms with Crippen molar-refractivity contribution >= 4 is 0 Å². The van der Waals surface area contributed by atoms with Gasteiger partial charge in [-0.05, 0) is 135 Å². The van der Waals surface area contributed by atoms with Crippen molar-refractivity contribution in [3.05, 3.63) is 46.5 Å². The Morgan fingerprint density at radius 3 is 1.29 bits per heavy atom. The number of benzene rings is 2. The van der Waals surface area contributed by atoms with Crippen LogP contribution in [0.3, 0.4) is 0 Å². The molecule has 0 N–H and O–H groups in total. The smallest absolute Gasteiger partial charge is 0.127 e. The third kappa shape index (κ3) is 7.05. The van der Waals surface area contributed by atoms with E-state index >= 15 is 0 Å². The van der Waals surface area contributed by atoms with Gasteiger partial charge in [-0.1, -0.05) is 77.3 Å².